The van der Waals surface area contributed by atoms with E-state index in [2.05, 4.69) is 41.1 Å². The van der Waals surface area contributed by atoms with E-state index in [1.54, 1.807) is 29.5 Å². The second-order valence-electron chi connectivity index (χ2n) is 7.64. The number of nitrogens with one attached hydrogen (secondary N) is 1. The number of benzene rings is 2. The largest absolute Gasteiger partial charge is 0.351 e. The first-order chi connectivity index (χ1) is 14.4. The molecule has 0 spiro atoms. The molecule has 1 aromatic heterocycles. The average molecular weight is 463 g/mol. The third kappa shape index (κ3) is 4.72. The molecule has 4 rings (SSSR count). The molecule has 1 N–H and O–H groups in total. The van der Waals surface area contributed by atoms with E-state index in [4.69, 9.17) is 28.2 Å². The lowest BCUT2D eigenvalue weighted by Crippen LogP contribution is -2.48. The smallest absolute Gasteiger partial charge is 0.252 e. The third-order valence-corrected chi connectivity index (χ3v) is 7.17. The number of anilines is 1. The number of rotatable bonds is 5. The summed E-state index contributed by atoms with van der Waals surface area (Å²) >= 11 is 13.8. The van der Waals surface area contributed by atoms with Crippen molar-refractivity contribution in [2.75, 3.05) is 44.2 Å². The standard InChI is InChI=1S/C22H24Cl2N4OS/c1-14-11-15(2)20-19(12-14)26-22(30-20)28-9-7-27(8-10-28)6-5-25-21(29)17-13-16(23)3-4-18(17)24/h3-4,11-13H,5-10H2,1-2H3,(H,25,29). The van der Waals surface area contributed by atoms with Crippen LogP contribution in [-0.4, -0.2) is 55.1 Å². The molecule has 1 saturated heterocycles. The third-order valence-electron chi connectivity index (χ3n) is 5.34. The topological polar surface area (TPSA) is 48.5 Å². The maximum Gasteiger partial charge on any atom is 0.252 e. The Hall–Kier alpha value is -1.86. The van der Waals surface area contributed by atoms with Gasteiger partial charge in [0.15, 0.2) is 5.13 Å². The number of aryl methyl sites for hydroxylation is 2. The van der Waals surface area contributed by atoms with Gasteiger partial charge in [-0.05, 0) is 49.2 Å². The van der Waals surface area contributed by atoms with Gasteiger partial charge >= 0.3 is 0 Å². The Bertz CT molecular complexity index is 1080. The van der Waals surface area contributed by atoms with Crippen LogP contribution < -0.4 is 10.2 Å². The highest BCUT2D eigenvalue weighted by Gasteiger charge is 2.20. The molecule has 30 heavy (non-hydrogen) atoms. The zero-order valence-electron chi connectivity index (χ0n) is 17.0. The SMILES string of the molecule is Cc1cc(C)c2sc(N3CCN(CCNC(=O)c4cc(Cl)ccc4Cl)CC3)nc2c1. The molecule has 158 valence electrons. The van der Waals surface area contributed by atoms with Crippen molar-refractivity contribution >= 4 is 55.8 Å². The number of hydrogen-bond donors (Lipinski definition) is 1. The average Bonchev–Trinajstić information content (AvgIpc) is 3.14. The summed E-state index contributed by atoms with van der Waals surface area (Å²) < 4.78 is 1.28. The van der Waals surface area contributed by atoms with Crippen LogP contribution in [0.15, 0.2) is 30.3 Å². The molecule has 1 amide bonds. The lowest BCUT2D eigenvalue weighted by molar-refractivity contribution is 0.0948. The van der Waals surface area contributed by atoms with Gasteiger partial charge in [0.1, 0.15) is 0 Å². The molecular formula is C22H24Cl2N4OS. The van der Waals surface area contributed by atoms with E-state index in [9.17, 15) is 4.79 Å². The number of fused-ring (bicyclic) bond motifs is 1. The zero-order chi connectivity index (χ0) is 21.3. The van der Waals surface area contributed by atoms with E-state index in [0.29, 0.717) is 22.2 Å². The Balaban J connectivity index is 1.28. The first-order valence-corrected chi connectivity index (χ1v) is 11.6. The van der Waals surface area contributed by atoms with Crippen LogP contribution in [0.25, 0.3) is 10.2 Å². The van der Waals surface area contributed by atoms with Crippen molar-refractivity contribution in [3.8, 4) is 0 Å². The zero-order valence-corrected chi connectivity index (χ0v) is 19.4. The maximum atomic E-state index is 12.3. The molecular weight excluding hydrogens is 439 g/mol. The van der Waals surface area contributed by atoms with Gasteiger partial charge in [0.25, 0.3) is 5.91 Å². The quantitative estimate of drug-likeness (QED) is 0.592. The fourth-order valence-corrected chi connectivity index (χ4v) is 5.20. The highest BCUT2D eigenvalue weighted by atomic mass is 35.5. The molecule has 0 unspecified atom stereocenters. The Labute approximate surface area is 190 Å². The van der Waals surface area contributed by atoms with E-state index >= 15 is 0 Å². The van der Waals surface area contributed by atoms with Gasteiger partial charge < -0.3 is 10.2 Å². The summed E-state index contributed by atoms with van der Waals surface area (Å²) in [7, 11) is 0. The van der Waals surface area contributed by atoms with Gasteiger partial charge in [-0.15, -0.1) is 0 Å². The molecule has 8 heteroatoms. The van der Waals surface area contributed by atoms with Crippen LogP contribution in [0.5, 0.6) is 0 Å². The summed E-state index contributed by atoms with van der Waals surface area (Å²) in [6.07, 6.45) is 0. The Morgan fingerprint density at radius 2 is 1.90 bits per heavy atom. The summed E-state index contributed by atoms with van der Waals surface area (Å²) in [5.74, 6) is -0.193. The number of hydrogen-bond acceptors (Lipinski definition) is 5. The Kier molecular flexibility index (Phi) is 6.48. The van der Waals surface area contributed by atoms with Crippen LogP contribution in [0.2, 0.25) is 10.0 Å². The summed E-state index contributed by atoms with van der Waals surface area (Å²) in [5, 5.41) is 4.95. The van der Waals surface area contributed by atoms with E-state index < -0.39 is 0 Å². The molecule has 3 aromatic rings. The first kappa shape index (κ1) is 21.4. The fourth-order valence-electron chi connectivity index (χ4n) is 3.76. The second-order valence-corrected chi connectivity index (χ2v) is 9.46. The van der Waals surface area contributed by atoms with E-state index in [-0.39, 0.29) is 5.91 Å². The molecule has 2 aromatic carbocycles. The number of nitrogens with zero attached hydrogens (tertiary/aromatic N) is 3. The molecule has 0 radical (unpaired) electrons. The predicted molar refractivity (Wildman–Crippen MR) is 127 cm³/mol. The van der Waals surface area contributed by atoms with Crippen molar-refractivity contribution in [1.82, 2.24) is 15.2 Å². The summed E-state index contributed by atoms with van der Waals surface area (Å²) in [6, 6.07) is 9.29. The molecule has 0 saturated carbocycles. The minimum Gasteiger partial charge on any atom is -0.351 e. The maximum absolute atomic E-state index is 12.3. The van der Waals surface area contributed by atoms with Gasteiger partial charge in [0.05, 0.1) is 20.8 Å². The van der Waals surface area contributed by atoms with Crippen molar-refractivity contribution in [2.24, 2.45) is 0 Å². The van der Waals surface area contributed by atoms with Crippen LogP contribution in [-0.2, 0) is 0 Å². The molecule has 5 nitrogen and oxygen atoms in total. The Morgan fingerprint density at radius 1 is 1.13 bits per heavy atom. The minimum absolute atomic E-state index is 0.193. The van der Waals surface area contributed by atoms with Crippen LogP contribution >= 0.6 is 34.5 Å². The van der Waals surface area contributed by atoms with E-state index in [0.717, 1.165) is 43.4 Å². The van der Waals surface area contributed by atoms with Crippen LogP contribution in [0.4, 0.5) is 5.13 Å². The number of piperazine rings is 1. The Morgan fingerprint density at radius 3 is 2.67 bits per heavy atom. The van der Waals surface area contributed by atoms with Crippen molar-refractivity contribution in [1.29, 1.82) is 0 Å². The number of aromatic nitrogens is 1. The van der Waals surface area contributed by atoms with Crippen molar-refractivity contribution < 1.29 is 4.79 Å². The highest BCUT2D eigenvalue weighted by molar-refractivity contribution is 7.22. The molecule has 1 fully saturated rings. The molecule has 0 aliphatic carbocycles. The molecule has 1 aliphatic heterocycles. The van der Waals surface area contributed by atoms with Gasteiger partial charge in [-0.2, -0.15) is 0 Å². The summed E-state index contributed by atoms with van der Waals surface area (Å²) in [6.45, 7) is 9.40. The van der Waals surface area contributed by atoms with Crippen molar-refractivity contribution in [2.45, 2.75) is 13.8 Å². The summed E-state index contributed by atoms with van der Waals surface area (Å²) in [4.78, 5) is 21.9. The van der Waals surface area contributed by atoms with Crippen molar-refractivity contribution in [3.63, 3.8) is 0 Å². The molecule has 2 heterocycles. The van der Waals surface area contributed by atoms with Gasteiger partial charge in [0, 0.05) is 44.3 Å². The van der Waals surface area contributed by atoms with Gasteiger partial charge in [-0.25, -0.2) is 4.98 Å². The lowest BCUT2D eigenvalue weighted by atomic mass is 10.1. The second kappa shape index (κ2) is 9.10. The summed E-state index contributed by atoms with van der Waals surface area (Å²) in [5.41, 5.74) is 4.05. The van der Waals surface area contributed by atoms with E-state index in [1.165, 1.54) is 15.8 Å². The van der Waals surface area contributed by atoms with Gasteiger partial charge in [-0.1, -0.05) is 40.6 Å². The number of amides is 1. The fraction of sp³-hybridized carbons (Fsp3) is 0.364. The first-order valence-electron chi connectivity index (χ1n) is 9.99. The molecule has 0 bridgehead atoms. The van der Waals surface area contributed by atoms with Gasteiger partial charge in [-0.3, -0.25) is 9.69 Å². The number of halogens is 2. The van der Waals surface area contributed by atoms with Crippen molar-refractivity contribution in [3.05, 3.63) is 57.1 Å². The number of carbonyl (C=O) groups excluding carboxylic acids is 1. The molecule has 0 atom stereocenters. The van der Waals surface area contributed by atoms with Crippen LogP contribution in [0, 0.1) is 13.8 Å². The molecule has 1 aliphatic rings. The van der Waals surface area contributed by atoms with Gasteiger partial charge in [0.2, 0.25) is 0 Å². The number of carbonyl (C=O) groups is 1. The number of thiazole rings is 1. The lowest BCUT2D eigenvalue weighted by Gasteiger charge is -2.34. The predicted octanol–water partition coefficient (Wildman–Crippen LogP) is 4.77. The monoisotopic (exact) mass is 462 g/mol. The minimum atomic E-state index is -0.193. The normalized spacial score (nSPS) is 15.0. The highest BCUT2D eigenvalue weighted by Crippen LogP contribution is 2.32. The van der Waals surface area contributed by atoms with E-state index in [1.807, 2.05) is 0 Å². The van der Waals surface area contributed by atoms with Crippen LogP contribution in [0.1, 0.15) is 21.5 Å². The van der Waals surface area contributed by atoms with Crippen LogP contribution in [0.3, 0.4) is 0 Å².